The van der Waals surface area contributed by atoms with Crippen LogP contribution in [0.2, 0.25) is 0 Å². The van der Waals surface area contributed by atoms with Crippen molar-refractivity contribution in [2.24, 2.45) is 4.99 Å². The van der Waals surface area contributed by atoms with Gasteiger partial charge in [0.15, 0.2) is 0 Å². The van der Waals surface area contributed by atoms with Crippen LogP contribution in [0, 0.1) is 0 Å². The van der Waals surface area contributed by atoms with Crippen LogP contribution in [0.15, 0.2) is 75.4 Å². The minimum Gasteiger partial charge on any atom is -0.497 e. The zero-order valence-corrected chi connectivity index (χ0v) is 20.0. The number of hydrogen-bond donors (Lipinski definition) is 1. The van der Waals surface area contributed by atoms with Gasteiger partial charge in [0, 0.05) is 33.2 Å². The van der Waals surface area contributed by atoms with Gasteiger partial charge in [-0.05, 0) is 60.9 Å². The van der Waals surface area contributed by atoms with Crippen molar-refractivity contribution in [3.63, 3.8) is 0 Å². The van der Waals surface area contributed by atoms with Gasteiger partial charge in [0.2, 0.25) is 0 Å². The molecule has 0 atom stereocenters. The fraction of sp³-hybridized carbons (Fsp3) is 0.259. The van der Waals surface area contributed by atoms with Crippen LogP contribution >= 0.6 is 11.8 Å². The Hall–Kier alpha value is -3.25. The van der Waals surface area contributed by atoms with Gasteiger partial charge in [0.25, 0.3) is 5.91 Å². The van der Waals surface area contributed by atoms with Crippen molar-refractivity contribution in [1.82, 2.24) is 5.32 Å². The molecule has 170 valence electrons. The monoisotopic (exact) mass is 460 g/mol. The largest absolute Gasteiger partial charge is 0.497 e. The lowest BCUT2D eigenvalue weighted by atomic mass is 10.1. The van der Waals surface area contributed by atoms with Crippen molar-refractivity contribution in [2.45, 2.75) is 36.0 Å². The van der Waals surface area contributed by atoms with E-state index >= 15 is 0 Å². The molecule has 0 fully saturated rings. The summed E-state index contributed by atoms with van der Waals surface area (Å²) in [6.45, 7) is 2.65. The van der Waals surface area contributed by atoms with Crippen LogP contribution in [-0.2, 0) is 6.42 Å². The lowest BCUT2D eigenvalue weighted by molar-refractivity contribution is 0.0954. The second-order valence-electron chi connectivity index (χ2n) is 7.77. The van der Waals surface area contributed by atoms with Crippen LogP contribution in [0.25, 0.3) is 0 Å². The molecule has 0 aliphatic carbocycles. The zero-order chi connectivity index (χ0) is 23.2. The number of carbonyl (C=O) groups excluding carboxylic acids is 1. The van der Waals surface area contributed by atoms with Crippen LogP contribution in [0.1, 0.15) is 41.3 Å². The summed E-state index contributed by atoms with van der Waals surface area (Å²) in [5.74, 6) is 1.44. The molecule has 6 heteroatoms. The van der Waals surface area contributed by atoms with Gasteiger partial charge in [-0.2, -0.15) is 0 Å². The summed E-state index contributed by atoms with van der Waals surface area (Å²) < 4.78 is 10.7. The molecule has 0 spiro atoms. The Morgan fingerprint density at radius 3 is 2.61 bits per heavy atom. The quantitative estimate of drug-likeness (QED) is 0.444. The Kier molecular flexibility index (Phi) is 7.35. The first-order valence-electron chi connectivity index (χ1n) is 11.1. The number of fused-ring (bicyclic) bond motifs is 2. The molecule has 1 N–H and O–H groups in total. The van der Waals surface area contributed by atoms with Gasteiger partial charge >= 0.3 is 0 Å². The van der Waals surface area contributed by atoms with Crippen molar-refractivity contribution in [2.75, 3.05) is 20.8 Å². The van der Waals surface area contributed by atoms with E-state index in [-0.39, 0.29) is 5.91 Å². The number of aliphatic imine (C=N–C) groups is 1. The molecule has 1 aliphatic rings. The summed E-state index contributed by atoms with van der Waals surface area (Å²) in [7, 11) is 3.28. The third kappa shape index (κ3) is 5.22. The highest BCUT2D eigenvalue weighted by atomic mass is 32.2. The molecular formula is C27H28N2O3S. The number of benzene rings is 3. The molecule has 3 aromatic rings. The van der Waals surface area contributed by atoms with Crippen LogP contribution < -0.4 is 14.8 Å². The maximum atomic E-state index is 12.9. The number of amides is 1. The number of methoxy groups -OCH3 is 2. The van der Waals surface area contributed by atoms with Crippen molar-refractivity contribution >= 4 is 29.1 Å². The summed E-state index contributed by atoms with van der Waals surface area (Å²) in [5, 5.41) is 3.02. The summed E-state index contributed by atoms with van der Waals surface area (Å²) in [4.78, 5) is 20.1. The number of nitrogens with zero attached hydrogens (tertiary/aromatic N) is 1. The Balaban J connectivity index is 1.51. The van der Waals surface area contributed by atoms with E-state index in [1.165, 1.54) is 10.5 Å². The summed E-state index contributed by atoms with van der Waals surface area (Å²) in [6, 6.07) is 19.8. The summed E-state index contributed by atoms with van der Waals surface area (Å²) >= 11 is 1.70. The lowest BCUT2D eigenvalue weighted by Crippen LogP contribution is -2.25. The average molecular weight is 461 g/mol. The maximum absolute atomic E-state index is 12.9. The average Bonchev–Trinajstić information content (AvgIpc) is 3.00. The van der Waals surface area contributed by atoms with E-state index in [1.807, 2.05) is 36.4 Å². The van der Waals surface area contributed by atoms with Gasteiger partial charge in [0.05, 0.1) is 19.9 Å². The highest BCUT2D eigenvalue weighted by Crippen LogP contribution is 2.41. The molecule has 33 heavy (non-hydrogen) atoms. The van der Waals surface area contributed by atoms with Crippen molar-refractivity contribution in [3.8, 4) is 11.5 Å². The predicted molar refractivity (Wildman–Crippen MR) is 134 cm³/mol. The van der Waals surface area contributed by atoms with Gasteiger partial charge in [0.1, 0.15) is 11.5 Å². The van der Waals surface area contributed by atoms with E-state index in [0.717, 1.165) is 46.2 Å². The Morgan fingerprint density at radius 1 is 0.970 bits per heavy atom. The van der Waals surface area contributed by atoms with E-state index in [9.17, 15) is 4.79 Å². The molecule has 1 aliphatic heterocycles. The molecule has 0 saturated carbocycles. The third-order valence-corrected chi connectivity index (χ3v) is 6.69. The first-order valence-corrected chi connectivity index (χ1v) is 11.9. The minimum absolute atomic E-state index is 0.112. The number of rotatable bonds is 8. The number of ether oxygens (including phenoxy) is 2. The van der Waals surface area contributed by atoms with Crippen LogP contribution in [0.4, 0.5) is 5.69 Å². The molecule has 0 saturated heterocycles. The topological polar surface area (TPSA) is 59.9 Å². The van der Waals surface area contributed by atoms with E-state index in [4.69, 9.17) is 14.5 Å². The standard InChI is InChI=1S/C27H28N2O3S/c1-4-7-22-21-8-5-6-9-25(21)33-26-13-10-19(17-23(26)29-22)27(30)28-15-14-18-16-20(31-2)11-12-24(18)32-3/h5-6,8-13,16-17H,4,7,14-15H2,1-3H3,(H,28,30). The second kappa shape index (κ2) is 10.6. The van der Waals surface area contributed by atoms with Crippen molar-refractivity contribution in [3.05, 3.63) is 77.4 Å². The van der Waals surface area contributed by atoms with Crippen LogP contribution in [0.3, 0.4) is 0 Å². The number of carbonyl (C=O) groups is 1. The first-order chi connectivity index (χ1) is 16.1. The van der Waals surface area contributed by atoms with Crippen molar-refractivity contribution < 1.29 is 14.3 Å². The molecule has 5 nitrogen and oxygen atoms in total. The highest BCUT2D eigenvalue weighted by Gasteiger charge is 2.18. The van der Waals surface area contributed by atoms with E-state index in [2.05, 4.69) is 36.5 Å². The highest BCUT2D eigenvalue weighted by molar-refractivity contribution is 7.99. The maximum Gasteiger partial charge on any atom is 0.251 e. The SMILES string of the molecule is CCCC1=Nc2cc(C(=O)NCCc3cc(OC)ccc3OC)ccc2Sc2ccccc21. The van der Waals surface area contributed by atoms with Crippen molar-refractivity contribution in [1.29, 1.82) is 0 Å². The van der Waals surface area contributed by atoms with E-state index in [0.29, 0.717) is 18.5 Å². The molecular weight excluding hydrogens is 432 g/mol. The normalized spacial score (nSPS) is 12.2. The Morgan fingerprint density at radius 2 is 1.82 bits per heavy atom. The molecule has 0 aromatic heterocycles. The third-order valence-electron chi connectivity index (χ3n) is 5.55. The molecule has 3 aromatic carbocycles. The zero-order valence-electron chi connectivity index (χ0n) is 19.2. The van der Waals surface area contributed by atoms with Crippen LogP contribution in [-0.4, -0.2) is 32.4 Å². The van der Waals surface area contributed by atoms with Gasteiger partial charge in [-0.1, -0.05) is 43.3 Å². The first kappa shape index (κ1) is 22.9. The molecule has 0 bridgehead atoms. The number of nitrogens with one attached hydrogen (secondary N) is 1. The van der Waals surface area contributed by atoms with E-state index < -0.39 is 0 Å². The molecule has 1 amide bonds. The Labute approximate surface area is 199 Å². The smallest absolute Gasteiger partial charge is 0.251 e. The van der Waals surface area contributed by atoms with E-state index in [1.54, 1.807) is 26.0 Å². The van der Waals surface area contributed by atoms with Gasteiger partial charge in [-0.25, -0.2) is 0 Å². The fourth-order valence-electron chi connectivity index (χ4n) is 3.87. The fourth-order valence-corrected chi connectivity index (χ4v) is 4.89. The number of hydrogen-bond acceptors (Lipinski definition) is 5. The molecule has 4 rings (SSSR count). The molecule has 0 radical (unpaired) electrons. The Bertz CT molecular complexity index is 1190. The van der Waals surface area contributed by atoms with Crippen LogP contribution in [0.5, 0.6) is 11.5 Å². The molecule has 1 heterocycles. The predicted octanol–water partition coefficient (Wildman–Crippen LogP) is 6.06. The second-order valence-corrected chi connectivity index (χ2v) is 8.86. The summed E-state index contributed by atoms with van der Waals surface area (Å²) in [5.41, 5.74) is 4.70. The van der Waals surface area contributed by atoms with Gasteiger partial charge in [-0.3, -0.25) is 9.79 Å². The summed E-state index contributed by atoms with van der Waals surface area (Å²) in [6.07, 6.45) is 2.55. The van der Waals surface area contributed by atoms with Gasteiger partial charge in [-0.15, -0.1) is 0 Å². The minimum atomic E-state index is -0.112. The lowest BCUT2D eigenvalue weighted by Gasteiger charge is -2.11. The van der Waals surface area contributed by atoms with Gasteiger partial charge < -0.3 is 14.8 Å². The molecule has 0 unspecified atom stereocenters.